The highest BCUT2D eigenvalue weighted by molar-refractivity contribution is 5.91. The highest BCUT2D eigenvalue weighted by Gasteiger charge is 2.39. The van der Waals surface area contributed by atoms with Gasteiger partial charge in [-0.1, -0.05) is 12.1 Å². The minimum atomic E-state index is -0.938. The molecule has 0 radical (unpaired) electrons. The fourth-order valence-electron chi connectivity index (χ4n) is 3.01. The Morgan fingerprint density at radius 3 is 3.00 bits per heavy atom. The molecule has 0 aliphatic carbocycles. The summed E-state index contributed by atoms with van der Waals surface area (Å²) in [5, 5.41) is 9.88. The number of aliphatic hydroxyl groups excluding tert-OH is 1. The van der Waals surface area contributed by atoms with Crippen molar-refractivity contribution >= 4 is 5.91 Å². The Hall–Kier alpha value is -2.25. The molecule has 0 saturated carbocycles. The van der Waals surface area contributed by atoms with Crippen molar-refractivity contribution in [2.24, 2.45) is 7.05 Å². The SMILES string of the molecule is Cn1ccnc1C(=O)N1CCOC(CO)(Cc2cccc(F)c2)C1. The third kappa shape index (κ3) is 3.32. The van der Waals surface area contributed by atoms with Crippen molar-refractivity contribution < 1.29 is 19.0 Å². The predicted octanol–water partition coefficient (Wildman–Crippen LogP) is 1.01. The summed E-state index contributed by atoms with van der Waals surface area (Å²) in [6.07, 6.45) is 3.60. The molecule has 2 aromatic rings. The van der Waals surface area contributed by atoms with Gasteiger partial charge in [0.05, 0.1) is 19.8 Å². The van der Waals surface area contributed by atoms with Gasteiger partial charge in [0.1, 0.15) is 11.4 Å². The van der Waals surface area contributed by atoms with Crippen LogP contribution in [0, 0.1) is 5.82 Å². The monoisotopic (exact) mass is 333 g/mol. The number of hydrogen-bond acceptors (Lipinski definition) is 4. The van der Waals surface area contributed by atoms with E-state index in [4.69, 9.17) is 4.74 Å². The fraction of sp³-hybridized carbons (Fsp3) is 0.412. The number of aliphatic hydroxyl groups is 1. The average molecular weight is 333 g/mol. The van der Waals surface area contributed by atoms with E-state index in [2.05, 4.69) is 4.98 Å². The number of imidazole rings is 1. The Labute approximate surface area is 139 Å². The summed E-state index contributed by atoms with van der Waals surface area (Å²) in [4.78, 5) is 18.3. The molecular weight excluding hydrogens is 313 g/mol. The van der Waals surface area contributed by atoms with Crippen LogP contribution in [0.1, 0.15) is 16.2 Å². The summed E-state index contributed by atoms with van der Waals surface area (Å²) >= 11 is 0. The first-order valence-electron chi connectivity index (χ1n) is 7.79. The standard InChI is InChI=1S/C17H20FN3O3/c1-20-6-5-19-15(20)16(23)21-7-8-24-17(11-21,12-22)10-13-3-2-4-14(18)9-13/h2-6,9,22H,7-8,10-12H2,1H3. The maximum Gasteiger partial charge on any atom is 0.290 e. The molecule has 1 N–H and O–H groups in total. The molecule has 1 aliphatic heterocycles. The van der Waals surface area contributed by atoms with E-state index in [1.165, 1.54) is 12.1 Å². The minimum absolute atomic E-state index is 0.206. The number of hydrogen-bond donors (Lipinski definition) is 1. The number of carbonyl (C=O) groups is 1. The highest BCUT2D eigenvalue weighted by atomic mass is 19.1. The van der Waals surface area contributed by atoms with E-state index >= 15 is 0 Å². The molecule has 6 nitrogen and oxygen atoms in total. The molecule has 0 spiro atoms. The van der Waals surface area contributed by atoms with Crippen LogP contribution in [0.25, 0.3) is 0 Å². The van der Waals surface area contributed by atoms with Gasteiger partial charge in [-0.15, -0.1) is 0 Å². The molecular formula is C17H20FN3O3. The lowest BCUT2D eigenvalue weighted by Crippen LogP contribution is -2.57. The fourth-order valence-corrected chi connectivity index (χ4v) is 3.01. The molecule has 2 heterocycles. The molecule has 0 bridgehead atoms. The molecule has 1 fully saturated rings. The van der Waals surface area contributed by atoms with Gasteiger partial charge in [0.15, 0.2) is 5.82 Å². The van der Waals surface area contributed by atoms with Crippen molar-refractivity contribution in [3.63, 3.8) is 0 Å². The van der Waals surface area contributed by atoms with Crippen LogP contribution in [0.2, 0.25) is 0 Å². The molecule has 1 aliphatic rings. The second-order valence-electron chi connectivity index (χ2n) is 6.08. The van der Waals surface area contributed by atoms with Crippen LogP contribution in [0.15, 0.2) is 36.7 Å². The quantitative estimate of drug-likeness (QED) is 0.907. The first-order chi connectivity index (χ1) is 11.5. The van der Waals surface area contributed by atoms with E-state index in [0.29, 0.717) is 25.4 Å². The predicted molar refractivity (Wildman–Crippen MR) is 85.0 cm³/mol. The number of carbonyl (C=O) groups excluding carboxylic acids is 1. The lowest BCUT2D eigenvalue weighted by molar-refractivity contribution is -0.123. The van der Waals surface area contributed by atoms with Crippen LogP contribution < -0.4 is 0 Å². The zero-order chi connectivity index (χ0) is 17.2. The van der Waals surface area contributed by atoms with Crippen LogP contribution >= 0.6 is 0 Å². The van der Waals surface area contributed by atoms with Gasteiger partial charge in [-0.25, -0.2) is 9.37 Å². The maximum atomic E-state index is 13.4. The third-order valence-corrected chi connectivity index (χ3v) is 4.25. The van der Waals surface area contributed by atoms with Crippen molar-refractivity contribution in [3.05, 3.63) is 53.9 Å². The van der Waals surface area contributed by atoms with Crippen molar-refractivity contribution in [1.82, 2.24) is 14.5 Å². The normalized spacial score (nSPS) is 21.0. The van der Waals surface area contributed by atoms with Crippen LogP contribution in [-0.2, 0) is 18.2 Å². The zero-order valence-corrected chi connectivity index (χ0v) is 13.5. The van der Waals surface area contributed by atoms with E-state index in [1.807, 2.05) is 0 Å². The first kappa shape index (κ1) is 16.6. The summed E-state index contributed by atoms with van der Waals surface area (Å²) in [6.45, 7) is 0.711. The Balaban J connectivity index is 1.79. The van der Waals surface area contributed by atoms with Crippen molar-refractivity contribution in [3.8, 4) is 0 Å². The first-order valence-corrected chi connectivity index (χ1v) is 7.79. The molecule has 1 atom stereocenters. The molecule has 1 aromatic heterocycles. The molecule has 1 aromatic carbocycles. The van der Waals surface area contributed by atoms with E-state index in [1.54, 1.807) is 41.0 Å². The number of aromatic nitrogens is 2. The third-order valence-electron chi connectivity index (χ3n) is 4.25. The second kappa shape index (κ2) is 6.70. The lowest BCUT2D eigenvalue weighted by atomic mass is 9.93. The van der Waals surface area contributed by atoms with Crippen LogP contribution in [0.4, 0.5) is 4.39 Å². The molecule has 128 valence electrons. The summed E-state index contributed by atoms with van der Waals surface area (Å²) in [7, 11) is 1.76. The average Bonchev–Trinajstić information content (AvgIpc) is 3.00. The number of nitrogens with zero attached hydrogens (tertiary/aromatic N) is 3. The van der Waals surface area contributed by atoms with E-state index in [0.717, 1.165) is 5.56 Å². The van der Waals surface area contributed by atoms with Crippen molar-refractivity contribution in [2.75, 3.05) is 26.3 Å². The van der Waals surface area contributed by atoms with Gasteiger partial charge in [-0.3, -0.25) is 4.79 Å². The van der Waals surface area contributed by atoms with Crippen molar-refractivity contribution in [2.45, 2.75) is 12.0 Å². The number of amides is 1. The van der Waals surface area contributed by atoms with Gasteiger partial charge in [-0.2, -0.15) is 0 Å². The number of rotatable bonds is 4. The molecule has 3 rings (SSSR count). The molecule has 1 unspecified atom stereocenters. The summed E-state index contributed by atoms with van der Waals surface area (Å²) < 4.78 is 20.9. The van der Waals surface area contributed by atoms with Crippen LogP contribution in [0.3, 0.4) is 0 Å². The van der Waals surface area contributed by atoms with Gasteiger partial charge >= 0.3 is 0 Å². The van der Waals surface area contributed by atoms with Gasteiger partial charge < -0.3 is 19.3 Å². The minimum Gasteiger partial charge on any atom is -0.393 e. The highest BCUT2D eigenvalue weighted by Crippen LogP contribution is 2.24. The largest absolute Gasteiger partial charge is 0.393 e. The van der Waals surface area contributed by atoms with Gasteiger partial charge in [0.2, 0.25) is 0 Å². The second-order valence-corrected chi connectivity index (χ2v) is 6.08. The van der Waals surface area contributed by atoms with E-state index < -0.39 is 5.60 Å². The summed E-state index contributed by atoms with van der Waals surface area (Å²) in [5.74, 6) is -0.199. The number of benzene rings is 1. The molecule has 7 heteroatoms. The molecule has 24 heavy (non-hydrogen) atoms. The smallest absolute Gasteiger partial charge is 0.290 e. The Kier molecular flexibility index (Phi) is 4.64. The number of ether oxygens (including phenoxy) is 1. The lowest BCUT2D eigenvalue weighted by Gasteiger charge is -2.41. The maximum absolute atomic E-state index is 13.4. The summed E-state index contributed by atoms with van der Waals surface area (Å²) in [6, 6.07) is 6.19. The Bertz CT molecular complexity index is 733. The molecule has 1 saturated heterocycles. The van der Waals surface area contributed by atoms with E-state index in [9.17, 15) is 14.3 Å². The number of aryl methyl sites for hydroxylation is 1. The van der Waals surface area contributed by atoms with Gasteiger partial charge in [-0.05, 0) is 17.7 Å². The Morgan fingerprint density at radius 2 is 2.33 bits per heavy atom. The number of halogens is 1. The molecule has 1 amide bonds. The zero-order valence-electron chi connectivity index (χ0n) is 13.5. The Morgan fingerprint density at radius 1 is 1.50 bits per heavy atom. The topological polar surface area (TPSA) is 67.6 Å². The van der Waals surface area contributed by atoms with Gasteiger partial charge in [0, 0.05) is 32.4 Å². The summed E-state index contributed by atoms with van der Waals surface area (Å²) in [5.41, 5.74) is -0.220. The van der Waals surface area contributed by atoms with Gasteiger partial charge in [0.25, 0.3) is 5.91 Å². The van der Waals surface area contributed by atoms with Crippen molar-refractivity contribution in [1.29, 1.82) is 0 Å². The van der Waals surface area contributed by atoms with Crippen LogP contribution in [0.5, 0.6) is 0 Å². The van der Waals surface area contributed by atoms with Crippen LogP contribution in [-0.4, -0.2) is 57.4 Å². The van der Waals surface area contributed by atoms with E-state index in [-0.39, 0.29) is 24.9 Å². The number of morpholine rings is 1.